The van der Waals surface area contributed by atoms with Gasteiger partial charge < -0.3 is 34.4 Å². The van der Waals surface area contributed by atoms with E-state index >= 15 is 0 Å². The summed E-state index contributed by atoms with van der Waals surface area (Å²) in [4.78, 5) is 37.3. The number of nitrogens with zero attached hydrogens (tertiary/aromatic N) is 3. The van der Waals surface area contributed by atoms with E-state index in [0.717, 1.165) is 42.5 Å². The number of rotatable bonds is 14. The molecule has 4 rings (SSSR count). The second kappa shape index (κ2) is 16.0. The number of benzene rings is 1. The molecule has 45 heavy (non-hydrogen) atoms. The molecule has 4 N–H and O–H groups in total. The van der Waals surface area contributed by atoms with E-state index in [0.29, 0.717) is 12.0 Å². The number of aromatic nitrogens is 2. The summed E-state index contributed by atoms with van der Waals surface area (Å²) >= 11 is 0. The number of aliphatic hydroxyl groups is 1. The molecule has 13 heteroatoms. The van der Waals surface area contributed by atoms with Crippen LogP contribution in [-0.4, -0.2) is 79.2 Å². The highest BCUT2D eigenvalue weighted by atomic mass is 16.5. The Morgan fingerprint density at radius 3 is 2.11 bits per heavy atom. The minimum absolute atomic E-state index is 0.473. The third kappa shape index (κ3) is 10.0. The Labute approximate surface area is 261 Å². The lowest BCUT2D eigenvalue weighted by Crippen LogP contribution is -2.42. The summed E-state index contributed by atoms with van der Waals surface area (Å²) in [6.45, 7) is 5.86. The molecule has 2 atom stereocenters. The van der Waals surface area contributed by atoms with Crippen LogP contribution >= 0.6 is 0 Å². The quantitative estimate of drug-likeness (QED) is 0.201. The lowest BCUT2D eigenvalue weighted by molar-refractivity contribution is -0.170. The third-order valence-electron chi connectivity index (χ3n) is 7.86. The van der Waals surface area contributed by atoms with Gasteiger partial charge in [0.05, 0.1) is 32.8 Å². The highest BCUT2D eigenvalue weighted by molar-refractivity contribution is 5.88. The molecule has 1 saturated carbocycles. The molecule has 0 unspecified atom stereocenters. The molecule has 1 aliphatic carbocycles. The van der Waals surface area contributed by atoms with Gasteiger partial charge in [-0.1, -0.05) is 11.6 Å². The van der Waals surface area contributed by atoms with E-state index < -0.39 is 36.4 Å². The highest BCUT2D eigenvalue weighted by Gasteiger charge is 2.40. The number of carboxylic acids is 3. The van der Waals surface area contributed by atoms with E-state index in [1.54, 1.807) is 14.2 Å². The maximum Gasteiger partial charge on any atom is 0.336 e. The average molecular weight is 628 g/mol. The first kappa shape index (κ1) is 35.0. The predicted molar refractivity (Wildman–Crippen MR) is 161 cm³/mol. The molecule has 0 spiro atoms. The topological polar surface area (TPSA) is 193 Å². The molecule has 0 amide bonds. The molecule has 0 bridgehead atoms. The predicted octanol–water partition coefficient (Wildman–Crippen LogP) is 3.87. The van der Waals surface area contributed by atoms with Gasteiger partial charge in [-0.3, -0.25) is 19.5 Å². The van der Waals surface area contributed by atoms with Crippen LogP contribution < -0.4 is 9.47 Å². The van der Waals surface area contributed by atoms with Gasteiger partial charge in [0.25, 0.3) is 0 Å². The molecule has 3 aromatic rings. The number of carboxylic acid groups (broad SMARTS) is 3. The van der Waals surface area contributed by atoms with E-state index in [4.69, 9.17) is 34.4 Å². The standard InChI is InChI=1S/C26H33N3O3.C6H8O7/c1-18-12-25(30-3)26(31-4)15-22(18)17-29(16-20-8-10-27-11-9-20)24-7-5-6-21(24)14-23-13-19(2)28-32-23;7-3(8)1-6(13,5(11)12)2-4(9)10/h8-13,15,21,24H,5-7,14,16-17H2,1-4H3;13H,1-2H2,(H,7,8)(H,9,10)(H,11,12)/t21-,24+;/m0./s1. The summed E-state index contributed by atoms with van der Waals surface area (Å²) in [6, 6.07) is 11.0. The summed E-state index contributed by atoms with van der Waals surface area (Å²) in [6.07, 6.45) is 6.03. The Hall–Kier alpha value is -4.49. The first-order valence-electron chi connectivity index (χ1n) is 14.5. The molecular weight excluding hydrogens is 586 g/mol. The van der Waals surface area contributed by atoms with Crippen LogP contribution in [0.2, 0.25) is 0 Å². The Balaban J connectivity index is 0.000000360. The first-order valence-corrected chi connectivity index (χ1v) is 14.5. The Morgan fingerprint density at radius 2 is 1.58 bits per heavy atom. The second-order valence-electron chi connectivity index (χ2n) is 11.3. The van der Waals surface area contributed by atoms with Crippen molar-refractivity contribution in [1.82, 2.24) is 15.0 Å². The van der Waals surface area contributed by atoms with E-state index in [-0.39, 0.29) is 0 Å². The highest BCUT2D eigenvalue weighted by Crippen LogP contribution is 2.36. The summed E-state index contributed by atoms with van der Waals surface area (Å²) in [5.41, 5.74) is 1.96. The lowest BCUT2D eigenvalue weighted by Gasteiger charge is -2.33. The van der Waals surface area contributed by atoms with Gasteiger partial charge in [-0.25, -0.2) is 4.79 Å². The van der Waals surface area contributed by atoms with Crippen molar-refractivity contribution in [2.75, 3.05) is 14.2 Å². The van der Waals surface area contributed by atoms with Crippen molar-refractivity contribution in [3.05, 3.63) is 70.9 Å². The monoisotopic (exact) mass is 627 g/mol. The smallest absolute Gasteiger partial charge is 0.336 e. The van der Waals surface area contributed by atoms with Crippen LogP contribution in [0.5, 0.6) is 11.5 Å². The van der Waals surface area contributed by atoms with E-state index in [2.05, 4.69) is 52.3 Å². The minimum Gasteiger partial charge on any atom is -0.493 e. The fourth-order valence-corrected chi connectivity index (χ4v) is 5.65. The number of methoxy groups -OCH3 is 2. The van der Waals surface area contributed by atoms with Crippen molar-refractivity contribution in [2.45, 2.75) is 77.1 Å². The number of ether oxygens (including phenoxy) is 2. The van der Waals surface area contributed by atoms with Gasteiger partial charge in [0, 0.05) is 44.0 Å². The van der Waals surface area contributed by atoms with Gasteiger partial charge >= 0.3 is 17.9 Å². The second-order valence-corrected chi connectivity index (χ2v) is 11.3. The maximum absolute atomic E-state index is 10.3. The molecule has 1 aromatic carbocycles. The van der Waals surface area contributed by atoms with Crippen molar-refractivity contribution in [2.24, 2.45) is 5.92 Å². The summed E-state index contributed by atoms with van der Waals surface area (Å²) in [5, 5.41) is 37.9. The van der Waals surface area contributed by atoms with E-state index in [1.165, 1.54) is 36.0 Å². The molecule has 2 aromatic heterocycles. The van der Waals surface area contributed by atoms with Crippen LogP contribution in [0.25, 0.3) is 0 Å². The van der Waals surface area contributed by atoms with E-state index in [9.17, 15) is 14.4 Å². The molecule has 2 heterocycles. The van der Waals surface area contributed by atoms with Gasteiger partial charge in [0.2, 0.25) is 0 Å². The summed E-state index contributed by atoms with van der Waals surface area (Å²) < 4.78 is 16.6. The van der Waals surface area contributed by atoms with Crippen LogP contribution in [-0.2, 0) is 33.9 Å². The number of carbonyl (C=O) groups is 3. The first-order chi connectivity index (χ1) is 21.3. The molecule has 0 saturated heterocycles. The zero-order valence-electron chi connectivity index (χ0n) is 25.9. The molecule has 1 fully saturated rings. The van der Waals surface area contributed by atoms with Crippen LogP contribution in [0.4, 0.5) is 0 Å². The Bertz CT molecular complexity index is 1430. The minimum atomic E-state index is -2.74. The van der Waals surface area contributed by atoms with Gasteiger partial charge in [-0.15, -0.1) is 0 Å². The van der Waals surface area contributed by atoms with Crippen molar-refractivity contribution in [3.8, 4) is 11.5 Å². The SMILES string of the molecule is COc1cc(C)c(CN(Cc2ccncc2)[C@@H]2CCC[C@H]2Cc2cc(C)no2)cc1OC.O=C(O)CC(O)(CC(=O)O)C(=O)O. The number of aryl methyl sites for hydroxylation is 2. The summed E-state index contributed by atoms with van der Waals surface area (Å²) in [7, 11) is 3.37. The number of hydrogen-bond acceptors (Lipinski definition) is 10. The molecule has 0 radical (unpaired) electrons. The molecule has 13 nitrogen and oxygen atoms in total. The Morgan fingerprint density at radius 1 is 0.956 bits per heavy atom. The molecule has 244 valence electrons. The molecule has 1 aliphatic rings. The van der Waals surface area contributed by atoms with Crippen LogP contribution in [0.3, 0.4) is 0 Å². The number of pyridine rings is 1. The van der Waals surface area contributed by atoms with Gasteiger partial charge in [0.1, 0.15) is 5.76 Å². The lowest BCUT2D eigenvalue weighted by atomic mass is 9.95. The van der Waals surface area contributed by atoms with Gasteiger partial charge in [0.15, 0.2) is 17.1 Å². The van der Waals surface area contributed by atoms with E-state index in [1.807, 2.05) is 19.3 Å². The molecule has 0 aliphatic heterocycles. The van der Waals surface area contributed by atoms with Gasteiger partial charge in [-0.05, 0) is 73.6 Å². The van der Waals surface area contributed by atoms with Crippen molar-refractivity contribution in [1.29, 1.82) is 0 Å². The third-order valence-corrected chi connectivity index (χ3v) is 7.86. The fraction of sp³-hybridized carbons (Fsp3) is 0.469. The average Bonchev–Trinajstić information content (AvgIpc) is 3.62. The molecular formula is C32H41N3O10. The largest absolute Gasteiger partial charge is 0.493 e. The summed E-state index contributed by atoms with van der Waals surface area (Å²) in [5.74, 6) is -1.93. The van der Waals surface area contributed by atoms with Gasteiger partial charge in [-0.2, -0.15) is 0 Å². The van der Waals surface area contributed by atoms with Crippen molar-refractivity contribution in [3.63, 3.8) is 0 Å². The maximum atomic E-state index is 10.3. The van der Waals surface area contributed by atoms with Crippen molar-refractivity contribution >= 4 is 17.9 Å². The zero-order chi connectivity index (χ0) is 33.1. The van der Waals surface area contributed by atoms with Crippen LogP contribution in [0.1, 0.15) is 60.2 Å². The Kier molecular flexibility index (Phi) is 12.4. The number of aliphatic carboxylic acids is 3. The van der Waals surface area contributed by atoms with Crippen LogP contribution in [0.15, 0.2) is 47.2 Å². The zero-order valence-corrected chi connectivity index (χ0v) is 25.9. The van der Waals surface area contributed by atoms with Crippen molar-refractivity contribution < 1.29 is 48.8 Å². The fourth-order valence-electron chi connectivity index (χ4n) is 5.65. The number of hydrogen-bond donors (Lipinski definition) is 4. The normalized spacial score (nSPS) is 16.1. The van der Waals surface area contributed by atoms with Crippen LogP contribution in [0, 0.1) is 19.8 Å².